The van der Waals surface area contributed by atoms with Gasteiger partial charge in [-0.2, -0.15) is 0 Å². The first-order chi connectivity index (χ1) is 17.4. The lowest BCUT2D eigenvalue weighted by molar-refractivity contribution is 0.0975. The van der Waals surface area contributed by atoms with Crippen LogP contribution in [0, 0.1) is 6.92 Å². The molecule has 4 aromatic carbocycles. The van der Waals surface area contributed by atoms with E-state index >= 15 is 0 Å². The summed E-state index contributed by atoms with van der Waals surface area (Å²) in [5, 5.41) is 8.02. The van der Waals surface area contributed by atoms with Crippen molar-refractivity contribution in [3.8, 4) is 17.2 Å². The second-order valence-electron chi connectivity index (χ2n) is 8.51. The van der Waals surface area contributed by atoms with Gasteiger partial charge in [0.2, 0.25) is 5.89 Å². The molecule has 5 aromatic rings. The van der Waals surface area contributed by atoms with Gasteiger partial charge in [-0.3, -0.25) is 10.1 Å². The molecule has 1 amide bonds. The van der Waals surface area contributed by atoms with Gasteiger partial charge in [-0.05, 0) is 83.9 Å². The molecule has 0 bridgehead atoms. The molecule has 36 heavy (non-hydrogen) atoms. The number of carbonyl (C=O) groups excluding carboxylic acids is 1. The third-order valence-electron chi connectivity index (χ3n) is 6.13. The van der Waals surface area contributed by atoms with Crippen molar-refractivity contribution >= 4 is 50.8 Å². The Kier molecular flexibility index (Phi) is 6.40. The van der Waals surface area contributed by atoms with Crippen molar-refractivity contribution in [2.75, 3.05) is 12.4 Å². The summed E-state index contributed by atoms with van der Waals surface area (Å²) in [5.41, 5.74) is 5.70. The molecule has 0 aliphatic carbocycles. The van der Waals surface area contributed by atoms with Crippen molar-refractivity contribution in [2.45, 2.75) is 20.3 Å². The number of oxazole rings is 1. The monoisotopic (exact) mass is 495 g/mol. The number of benzene rings is 4. The van der Waals surface area contributed by atoms with Crippen LogP contribution in [0.1, 0.15) is 28.4 Å². The van der Waals surface area contributed by atoms with Crippen molar-refractivity contribution < 1.29 is 13.9 Å². The van der Waals surface area contributed by atoms with Crippen LogP contribution >= 0.6 is 12.2 Å². The minimum atomic E-state index is -0.352. The SMILES string of the molecule is CCc1ccc2oc(-c3ccc(C)c(NC(=S)NC(=O)c4cc5ccccc5cc4OC)c3)nc2c1. The Hall–Kier alpha value is -4.23. The Bertz CT molecular complexity index is 1620. The topological polar surface area (TPSA) is 76.4 Å². The molecular formula is C29H25N3O3S. The Morgan fingerprint density at radius 2 is 1.81 bits per heavy atom. The van der Waals surface area contributed by atoms with Crippen molar-refractivity contribution in [2.24, 2.45) is 0 Å². The third kappa shape index (κ3) is 4.65. The van der Waals surface area contributed by atoms with Gasteiger partial charge >= 0.3 is 0 Å². The number of nitrogens with one attached hydrogen (secondary N) is 2. The van der Waals surface area contributed by atoms with Crippen molar-refractivity contribution in [3.05, 3.63) is 89.5 Å². The maximum atomic E-state index is 13.1. The molecule has 2 N–H and O–H groups in total. The molecule has 180 valence electrons. The van der Waals surface area contributed by atoms with E-state index in [4.69, 9.17) is 21.4 Å². The Morgan fingerprint density at radius 1 is 1.03 bits per heavy atom. The van der Waals surface area contributed by atoms with Crippen molar-refractivity contribution in [1.82, 2.24) is 10.3 Å². The Morgan fingerprint density at radius 3 is 2.56 bits per heavy atom. The fourth-order valence-corrected chi connectivity index (χ4v) is 4.30. The normalized spacial score (nSPS) is 11.0. The lowest BCUT2D eigenvalue weighted by atomic mass is 10.1. The van der Waals surface area contributed by atoms with Crippen LogP contribution in [-0.2, 0) is 6.42 Å². The molecule has 0 radical (unpaired) electrons. The van der Waals surface area contributed by atoms with E-state index in [1.54, 1.807) is 13.2 Å². The van der Waals surface area contributed by atoms with Crippen LogP contribution in [0.4, 0.5) is 5.69 Å². The van der Waals surface area contributed by atoms with Gasteiger partial charge in [-0.15, -0.1) is 0 Å². The summed E-state index contributed by atoms with van der Waals surface area (Å²) >= 11 is 5.46. The molecule has 0 aliphatic rings. The maximum Gasteiger partial charge on any atom is 0.261 e. The van der Waals surface area contributed by atoms with Crippen LogP contribution in [0.5, 0.6) is 5.75 Å². The minimum Gasteiger partial charge on any atom is -0.496 e. The van der Waals surface area contributed by atoms with E-state index in [0.717, 1.165) is 45.1 Å². The fraction of sp³-hybridized carbons (Fsp3) is 0.138. The quantitative estimate of drug-likeness (QED) is 0.266. The number of anilines is 1. The van der Waals surface area contributed by atoms with Gasteiger partial charge in [0, 0.05) is 11.3 Å². The highest BCUT2D eigenvalue weighted by atomic mass is 32.1. The van der Waals surface area contributed by atoms with Gasteiger partial charge in [-0.25, -0.2) is 4.98 Å². The highest BCUT2D eigenvalue weighted by Crippen LogP contribution is 2.29. The van der Waals surface area contributed by atoms with Crippen LogP contribution in [-0.4, -0.2) is 23.1 Å². The van der Waals surface area contributed by atoms with Gasteiger partial charge in [0.05, 0.1) is 12.7 Å². The predicted octanol–water partition coefficient (Wildman–Crippen LogP) is 6.65. The number of rotatable bonds is 5. The minimum absolute atomic E-state index is 0.181. The molecule has 0 saturated carbocycles. The van der Waals surface area contributed by atoms with Crippen LogP contribution in [0.3, 0.4) is 0 Å². The first-order valence-electron chi connectivity index (χ1n) is 11.6. The van der Waals surface area contributed by atoms with Crippen molar-refractivity contribution in [3.63, 3.8) is 0 Å². The zero-order valence-corrected chi connectivity index (χ0v) is 21.0. The zero-order chi connectivity index (χ0) is 25.2. The predicted molar refractivity (Wildman–Crippen MR) is 148 cm³/mol. The van der Waals surface area contributed by atoms with E-state index in [1.165, 1.54) is 5.56 Å². The summed E-state index contributed by atoms with van der Waals surface area (Å²) in [4.78, 5) is 17.7. The molecule has 0 unspecified atom stereocenters. The highest BCUT2D eigenvalue weighted by Gasteiger charge is 2.16. The number of ether oxygens (including phenoxy) is 1. The summed E-state index contributed by atoms with van der Waals surface area (Å²) in [6, 6.07) is 23.3. The molecule has 5 rings (SSSR count). The number of thiocarbonyl (C=S) groups is 1. The number of amides is 1. The fourth-order valence-electron chi connectivity index (χ4n) is 4.10. The number of hydrogen-bond acceptors (Lipinski definition) is 5. The van der Waals surface area contributed by atoms with E-state index in [-0.39, 0.29) is 11.0 Å². The molecule has 0 saturated heterocycles. The van der Waals surface area contributed by atoms with Crippen LogP contribution < -0.4 is 15.4 Å². The standard InChI is InChI=1S/C29H25N3O3S/c1-4-18-10-12-25-24(13-18)30-28(35-25)21-11-9-17(2)23(15-21)31-29(36)32-27(33)22-14-19-7-5-6-8-20(19)16-26(22)34-3/h5-16H,4H2,1-3H3,(H2,31,32,33,36). The van der Waals surface area contributed by atoms with Crippen LogP contribution in [0.25, 0.3) is 33.3 Å². The van der Waals surface area contributed by atoms with Gasteiger partial charge in [-0.1, -0.05) is 43.3 Å². The van der Waals surface area contributed by atoms with E-state index < -0.39 is 0 Å². The van der Waals surface area contributed by atoms with Crippen LogP contribution in [0.15, 0.2) is 77.2 Å². The smallest absolute Gasteiger partial charge is 0.261 e. The largest absolute Gasteiger partial charge is 0.496 e. The molecule has 6 nitrogen and oxygen atoms in total. The number of fused-ring (bicyclic) bond motifs is 2. The number of carbonyl (C=O) groups is 1. The molecule has 0 fully saturated rings. The van der Waals surface area contributed by atoms with E-state index in [2.05, 4.69) is 22.5 Å². The lowest BCUT2D eigenvalue weighted by Gasteiger charge is -2.14. The summed E-state index contributed by atoms with van der Waals surface area (Å²) < 4.78 is 11.4. The van der Waals surface area contributed by atoms with Gasteiger partial charge in [0.25, 0.3) is 5.91 Å². The molecule has 0 spiro atoms. The number of aryl methyl sites for hydroxylation is 2. The molecule has 0 aliphatic heterocycles. The number of hydrogen-bond donors (Lipinski definition) is 2. The number of methoxy groups -OCH3 is 1. The lowest BCUT2D eigenvalue weighted by Crippen LogP contribution is -2.34. The summed E-state index contributed by atoms with van der Waals surface area (Å²) in [6.07, 6.45) is 0.935. The first-order valence-corrected chi connectivity index (χ1v) is 12.1. The molecule has 7 heteroatoms. The van der Waals surface area contributed by atoms with Crippen molar-refractivity contribution in [1.29, 1.82) is 0 Å². The molecule has 0 atom stereocenters. The molecule has 1 heterocycles. The first kappa shape index (κ1) is 23.5. The van der Waals surface area contributed by atoms with E-state index in [1.807, 2.05) is 73.7 Å². The summed E-state index contributed by atoms with van der Waals surface area (Å²) in [5.74, 6) is 0.654. The second kappa shape index (κ2) is 9.79. The average Bonchev–Trinajstić information content (AvgIpc) is 3.32. The Balaban J connectivity index is 1.36. The van der Waals surface area contributed by atoms with Gasteiger partial charge < -0.3 is 14.5 Å². The maximum absolute atomic E-state index is 13.1. The second-order valence-corrected chi connectivity index (χ2v) is 8.92. The van der Waals surface area contributed by atoms with Gasteiger partial charge in [0.1, 0.15) is 11.3 Å². The average molecular weight is 496 g/mol. The molecular weight excluding hydrogens is 470 g/mol. The number of nitrogens with zero attached hydrogens (tertiary/aromatic N) is 1. The molecule has 1 aromatic heterocycles. The summed E-state index contributed by atoms with van der Waals surface area (Å²) in [7, 11) is 1.54. The number of aromatic nitrogens is 1. The zero-order valence-electron chi connectivity index (χ0n) is 20.2. The Labute approximate surface area is 214 Å². The third-order valence-corrected chi connectivity index (χ3v) is 6.34. The van der Waals surface area contributed by atoms with E-state index in [9.17, 15) is 4.79 Å². The van der Waals surface area contributed by atoms with Gasteiger partial charge in [0.15, 0.2) is 10.7 Å². The van der Waals surface area contributed by atoms with E-state index in [0.29, 0.717) is 17.2 Å². The van der Waals surface area contributed by atoms with Crippen LogP contribution in [0.2, 0.25) is 0 Å². The summed E-state index contributed by atoms with van der Waals surface area (Å²) in [6.45, 7) is 4.07. The highest BCUT2D eigenvalue weighted by molar-refractivity contribution is 7.80.